The lowest BCUT2D eigenvalue weighted by atomic mass is 9.84. The van der Waals surface area contributed by atoms with E-state index in [2.05, 4.69) is 39.2 Å². The van der Waals surface area contributed by atoms with Crippen molar-refractivity contribution in [3.63, 3.8) is 0 Å². The molecule has 4 heterocycles. The minimum absolute atomic E-state index is 0.286. The molecule has 1 spiro atoms. The number of hydrogen-bond donors (Lipinski definition) is 0. The molecule has 26 heavy (non-hydrogen) atoms. The largest absolute Gasteiger partial charge is 0.477 e. The van der Waals surface area contributed by atoms with Crippen molar-refractivity contribution in [3.8, 4) is 11.9 Å². The summed E-state index contributed by atoms with van der Waals surface area (Å²) in [4.78, 5) is 9.16. The van der Waals surface area contributed by atoms with Gasteiger partial charge in [-0.3, -0.25) is 14.5 Å². The summed E-state index contributed by atoms with van der Waals surface area (Å²) in [5.41, 5.74) is 2.11. The van der Waals surface area contributed by atoms with Crippen LogP contribution < -0.4 is 4.74 Å². The van der Waals surface area contributed by atoms with Gasteiger partial charge in [-0.25, -0.2) is 4.98 Å². The molecule has 2 aromatic heterocycles. The lowest BCUT2D eigenvalue weighted by molar-refractivity contribution is -0.0222. The summed E-state index contributed by atoms with van der Waals surface area (Å²) >= 11 is 0. The molecule has 0 N–H and O–H groups in total. The van der Waals surface area contributed by atoms with E-state index in [1.54, 1.807) is 18.3 Å². The van der Waals surface area contributed by atoms with Gasteiger partial charge in [0, 0.05) is 68.7 Å². The van der Waals surface area contributed by atoms with Crippen molar-refractivity contribution >= 4 is 0 Å². The number of nitrogens with zero attached hydrogens (tertiary/aromatic N) is 6. The van der Waals surface area contributed by atoms with Gasteiger partial charge < -0.3 is 4.74 Å². The molecule has 0 aliphatic carbocycles. The zero-order chi connectivity index (χ0) is 18.1. The highest BCUT2D eigenvalue weighted by molar-refractivity contribution is 5.28. The summed E-state index contributed by atoms with van der Waals surface area (Å²) in [5, 5.41) is 13.1. The lowest BCUT2D eigenvalue weighted by Gasteiger charge is -2.52. The molecule has 0 saturated carbocycles. The van der Waals surface area contributed by atoms with Crippen LogP contribution in [0.15, 0.2) is 30.7 Å². The van der Waals surface area contributed by atoms with Crippen LogP contribution in [-0.2, 0) is 13.6 Å². The Morgan fingerprint density at radius 3 is 2.81 bits per heavy atom. The molecule has 0 amide bonds. The maximum atomic E-state index is 8.82. The quantitative estimate of drug-likeness (QED) is 0.807. The average Bonchev–Trinajstić information content (AvgIpc) is 3.16. The van der Waals surface area contributed by atoms with E-state index >= 15 is 0 Å². The predicted molar refractivity (Wildman–Crippen MR) is 96.4 cm³/mol. The van der Waals surface area contributed by atoms with Gasteiger partial charge in [0.15, 0.2) is 0 Å². The van der Waals surface area contributed by atoms with Crippen LogP contribution in [0, 0.1) is 17.2 Å². The lowest BCUT2D eigenvalue weighted by Crippen LogP contribution is -2.66. The van der Waals surface area contributed by atoms with Crippen molar-refractivity contribution < 1.29 is 4.74 Å². The Balaban J connectivity index is 1.27. The van der Waals surface area contributed by atoms with Crippen LogP contribution in [0.25, 0.3) is 0 Å². The summed E-state index contributed by atoms with van der Waals surface area (Å²) in [7, 11) is 4.18. The summed E-state index contributed by atoms with van der Waals surface area (Å²) in [6, 6.07) is 5.58. The second-order valence-corrected chi connectivity index (χ2v) is 7.65. The summed E-state index contributed by atoms with van der Waals surface area (Å²) in [6.45, 7) is 4.90. The number of rotatable bonds is 5. The number of hydrogen-bond acceptors (Lipinski definition) is 6. The first-order valence-corrected chi connectivity index (χ1v) is 8.96. The Morgan fingerprint density at radius 1 is 1.31 bits per heavy atom. The van der Waals surface area contributed by atoms with Crippen LogP contribution >= 0.6 is 0 Å². The smallest absolute Gasteiger partial charge is 0.213 e. The van der Waals surface area contributed by atoms with Gasteiger partial charge in [-0.15, -0.1) is 0 Å². The normalized spacial score (nSPS) is 22.3. The standard InChI is InChI=1S/C19H24N6O/c1-23-9-16(12-26-18-4-3-15(6-20)7-21-18)5-19(23)13-25(14-19)11-17-8-22-24(2)10-17/h3-4,7-8,10,16H,5,9,11-14H2,1-2H3. The van der Waals surface area contributed by atoms with E-state index in [9.17, 15) is 0 Å². The SMILES string of the molecule is CN1CC(COc2ccc(C#N)cn2)CC12CN(Cc1cnn(C)c1)C2. The second kappa shape index (κ2) is 6.71. The first kappa shape index (κ1) is 17.0. The number of pyridine rings is 1. The molecule has 0 radical (unpaired) electrons. The number of aryl methyl sites for hydroxylation is 1. The van der Waals surface area contributed by atoms with Crippen LogP contribution in [-0.4, -0.2) is 63.4 Å². The van der Waals surface area contributed by atoms with Gasteiger partial charge in [0.1, 0.15) is 6.07 Å². The van der Waals surface area contributed by atoms with Gasteiger partial charge in [0.2, 0.25) is 5.88 Å². The van der Waals surface area contributed by atoms with Gasteiger partial charge in [-0.2, -0.15) is 10.4 Å². The third-order valence-electron chi connectivity index (χ3n) is 5.54. The molecule has 0 bridgehead atoms. The van der Waals surface area contributed by atoms with Gasteiger partial charge in [0.25, 0.3) is 0 Å². The van der Waals surface area contributed by atoms with Crippen molar-refractivity contribution in [3.05, 3.63) is 41.9 Å². The van der Waals surface area contributed by atoms with E-state index in [0.717, 1.165) is 32.6 Å². The summed E-state index contributed by atoms with van der Waals surface area (Å²) < 4.78 is 7.71. The first-order chi connectivity index (χ1) is 12.6. The van der Waals surface area contributed by atoms with Crippen LogP contribution in [0.5, 0.6) is 5.88 Å². The molecule has 7 nitrogen and oxygen atoms in total. The highest BCUT2D eigenvalue weighted by atomic mass is 16.5. The minimum atomic E-state index is 0.286. The molecule has 2 aliphatic rings. The van der Waals surface area contributed by atoms with Crippen LogP contribution in [0.4, 0.5) is 0 Å². The molecule has 0 aromatic carbocycles. The number of aromatic nitrogens is 3. The van der Waals surface area contributed by atoms with Gasteiger partial charge in [-0.1, -0.05) is 0 Å². The van der Waals surface area contributed by atoms with E-state index in [1.165, 1.54) is 5.56 Å². The molecule has 136 valence electrons. The average molecular weight is 352 g/mol. The fraction of sp³-hybridized carbons (Fsp3) is 0.526. The highest BCUT2D eigenvalue weighted by Crippen LogP contribution is 2.40. The van der Waals surface area contributed by atoms with Crippen molar-refractivity contribution in [2.24, 2.45) is 13.0 Å². The zero-order valence-electron chi connectivity index (χ0n) is 15.3. The minimum Gasteiger partial charge on any atom is -0.477 e. The van der Waals surface area contributed by atoms with Crippen molar-refractivity contribution in [1.82, 2.24) is 24.6 Å². The molecule has 2 aromatic rings. The Kier molecular flexibility index (Phi) is 4.39. The third-order valence-corrected chi connectivity index (χ3v) is 5.54. The molecular formula is C19H24N6O. The highest BCUT2D eigenvalue weighted by Gasteiger charge is 2.51. The van der Waals surface area contributed by atoms with E-state index in [-0.39, 0.29) is 5.54 Å². The fourth-order valence-corrected chi connectivity index (χ4v) is 4.27. The molecule has 1 unspecified atom stereocenters. The number of ether oxygens (including phenoxy) is 1. The molecule has 4 rings (SSSR count). The maximum Gasteiger partial charge on any atom is 0.213 e. The van der Waals surface area contributed by atoms with Crippen LogP contribution in [0.3, 0.4) is 0 Å². The van der Waals surface area contributed by atoms with Crippen molar-refractivity contribution in [1.29, 1.82) is 5.26 Å². The first-order valence-electron chi connectivity index (χ1n) is 8.96. The Labute approximate surface area is 153 Å². The van der Waals surface area contributed by atoms with E-state index in [1.807, 2.05) is 17.9 Å². The molecule has 1 atom stereocenters. The molecule has 7 heteroatoms. The van der Waals surface area contributed by atoms with Crippen molar-refractivity contribution in [2.45, 2.75) is 18.5 Å². The Morgan fingerprint density at radius 2 is 2.15 bits per heavy atom. The maximum absolute atomic E-state index is 8.82. The third kappa shape index (κ3) is 3.30. The van der Waals surface area contributed by atoms with Crippen molar-refractivity contribution in [2.75, 3.05) is 33.3 Å². The van der Waals surface area contributed by atoms with E-state index < -0.39 is 0 Å². The van der Waals surface area contributed by atoms with E-state index in [0.29, 0.717) is 24.0 Å². The topological polar surface area (TPSA) is 70.2 Å². The monoisotopic (exact) mass is 352 g/mol. The van der Waals surface area contributed by atoms with Gasteiger partial charge in [0.05, 0.1) is 18.4 Å². The predicted octanol–water partition coefficient (Wildman–Crippen LogP) is 1.27. The zero-order valence-corrected chi connectivity index (χ0v) is 15.3. The molecule has 2 fully saturated rings. The molecule has 2 saturated heterocycles. The summed E-state index contributed by atoms with van der Waals surface area (Å²) in [6.07, 6.45) is 6.75. The second-order valence-electron chi connectivity index (χ2n) is 7.65. The molecule has 2 aliphatic heterocycles. The number of likely N-dealkylation sites (tertiary alicyclic amines) is 2. The van der Waals surface area contributed by atoms with Gasteiger partial charge in [-0.05, 0) is 19.5 Å². The van der Waals surface area contributed by atoms with E-state index in [4.69, 9.17) is 10.00 Å². The number of nitriles is 1. The molecular weight excluding hydrogens is 328 g/mol. The summed E-state index contributed by atoms with van der Waals surface area (Å²) in [5.74, 6) is 1.11. The Hall–Kier alpha value is -2.43. The van der Waals surface area contributed by atoms with Gasteiger partial charge >= 0.3 is 0 Å². The fourth-order valence-electron chi connectivity index (χ4n) is 4.27. The van der Waals surface area contributed by atoms with Crippen LogP contribution in [0.1, 0.15) is 17.5 Å². The van der Waals surface area contributed by atoms with Crippen LogP contribution in [0.2, 0.25) is 0 Å². The number of likely N-dealkylation sites (N-methyl/N-ethyl adjacent to an activating group) is 1. The Bertz CT molecular complexity index is 802.